The zero-order valence-electron chi connectivity index (χ0n) is 11.8. The van der Waals surface area contributed by atoms with Crippen molar-refractivity contribution < 1.29 is 9.59 Å². The van der Waals surface area contributed by atoms with E-state index in [1.165, 1.54) is 0 Å². The Labute approximate surface area is 118 Å². The van der Waals surface area contributed by atoms with Crippen molar-refractivity contribution in [2.45, 2.75) is 19.9 Å². The van der Waals surface area contributed by atoms with E-state index in [1.54, 1.807) is 19.1 Å². The van der Waals surface area contributed by atoms with Crippen LogP contribution in [-0.4, -0.2) is 42.4 Å². The number of nitrogens with one attached hydrogen (secondary N) is 2. The first-order chi connectivity index (χ1) is 9.47. The third kappa shape index (κ3) is 3.27. The number of nitrogen functional groups attached to an aromatic ring is 1. The molecule has 6 heteroatoms. The fourth-order valence-electron chi connectivity index (χ4n) is 2.19. The smallest absolute Gasteiger partial charge is 0.238 e. The minimum Gasteiger partial charge on any atom is -0.399 e. The highest BCUT2D eigenvalue weighted by atomic mass is 16.2. The van der Waals surface area contributed by atoms with E-state index < -0.39 is 0 Å². The highest BCUT2D eigenvalue weighted by Gasteiger charge is 2.26. The van der Waals surface area contributed by atoms with Crippen molar-refractivity contribution in [3.63, 3.8) is 0 Å². The van der Waals surface area contributed by atoms with E-state index in [-0.39, 0.29) is 24.4 Å². The number of carbonyl (C=O) groups is 2. The van der Waals surface area contributed by atoms with Crippen LogP contribution in [0.15, 0.2) is 18.2 Å². The second-order valence-electron chi connectivity index (χ2n) is 5.06. The first-order valence-corrected chi connectivity index (χ1v) is 6.65. The van der Waals surface area contributed by atoms with E-state index in [1.807, 2.05) is 17.9 Å². The number of nitrogens with two attached hydrogens (primary N) is 1. The molecule has 1 aliphatic rings. The highest BCUT2D eigenvalue weighted by Crippen LogP contribution is 2.18. The van der Waals surface area contributed by atoms with Crippen molar-refractivity contribution in [2.75, 3.05) is 30.7 Å². The molecule has 1 atom stereocenters. The summed E-state index contributed by atoms with van der Waals surface area (Å²) in [5.74, 6) is -0.176. The first kappa shape index (κ1) is 14.3. The molecule has 1 heterocycles. The van der Waals surface area contributed by atoms with Crippen LogP contribution in [0, 0.1) is 6.92 Å². The lowest BCUT2D eigenvalue weighted by Crippen LogP contribution is -2.55. The van der Waals surface area contributed by atoms with Crippen LogP contribution in [0.2, 0.25) is 0 Å². The molecule has 0 saturated carbocycles. The molecule has 0 aromatic heterocycles. The maximum Gasteiger partial charge on any atom is 0.238 e. The molecule has 1 unspecified atom stereocenters. The van der Waals surface area contributed by atoms with Crippen molar-refractivity contribution in [3.8, 4) is 0 Å². The van der Waals surface area contributed by atoms with Crippen molar-refractivity contribution in [1.29, 1.82) is 0 Å². The van der Waals surface area contributed by atoms with Gasteiger partial charge in [0.25, 0.3) is 0 Å². The lowest BCUT2D eigenvalue weighted by Gasteiger charge is -2.32. The van der Waals surface area contributed by atoms with Crippen molar-refractivity contribution in [1.82, 2.24) is 10.2 Å². The van der Waals surface area contributed by atoms with E-state index in [4.69, 9.17) is 5.73 Å². The number of benzene rings is 1. The van der Waals surface area contributed by atoms with Crippen LogP contribution in [0.4, 0.5) is 11.4 Å². The SMILES string of the molecule is Cc1ccc(N)cc1NC(=O)CN1CCNC(=O)C1C. The Balaban J connectivity index is 1.98. The number of aryl methyl sites for hydroxylation is 1. The number of carbonyl (C=O) groups excluding carboxylic acids is 2. The van der Waals surface area contributed by atoms with Gasteiger partial charge < -0.3 is 16.4 Å². The van der Waals surface area contributed by atoms with Crippen LogP contribution in [0.1, 0.15) is 12.5 Å². The highest BCUT2D eigenvalue weighted by molar-refractivity contribution is 5.94. The van der Waals surface area contributed by atoms with Gasteiger partial charge in [-0.2, -0.15) is 0 Å². The van der Waals surface area contributed by atoms with Crippen LogP contribution in [0.25, 0.3) is 0 Å². The molecule has 20 heavy (non-hydrogen) atoms. The predicted molar refractivity (Wildman–Crippen MR) is 78.3 cm³/mol. The summed E-state index contributed by atoms with van der Waals surface area (Å²) in [6.45, 7) is 5.16. The van der Waals surface area contributed by atoms with Crippen LogP contribution < -0.4 is 16.4 Å². The van der Waals surface area contributed by atoms with Crippen LogP contribution in [0.3, 0.4) is 0 Å². The zero-order valence-corrected chi connectivity index (χ0v) is 11.8. The third-order valence-corrected chi connectivity index (χ3v) is 3.51. The molecule has 1 saturated heterocycles. The molecule has 1 fully saturated rings. The average molecular weight is 276 g/mol. The molecule has 1 aliphatic heterocycles. The predicted octanol–water partition coefficient (Wildman–Crippen LogP) is 0.336. The van der Waals surface area contributed by atoms with Gasteiger partial charge in [0.15, 0.2) is 0 Å². The van der Waals surface area contributed by atoms with Gasteiger partial charge in [-0.25, -0.2) is 0 Å². The monoisotopic (exact) mass is 276 g/mol. The van der Waals surface area contributed by atoms with Gasteiger partial charge in [-0.15, -0.1) is 0 Å². The summed E-state index contributed by atoms with van der Waals surface area (Å²) in [7, 11) is 0. The normalized spacial score (nSPS) is 19.5. The van der Waals surface area contributed by atoms with Gasteiger partial charge in [-0.1, -0.05) is 6.07 Å². The molecule has 1 aromatic rings. The summed E-state index contributed by atoms with van der Waals surface area (Å²) in [4.78, 5) is 25.5. The number of hydrogen-bond donors (Lipinski definition) is 3. The molecular weight excluding hydrogens is 256 g/mol. The Bertz CT molecular complexity index is 530. The Morgan fingerprint density at radius 2 is 2.30 bits per heavy atom. The van der Waals surface area contributed by atoms with Gasteiger partial charge in [0, 0.05) is 24.5 Å². The molecule has 108 valence electrons. The Hall–Kier alpha value is -2.08. The van der Waals surface area contributed by atoms with E-state index in [9.17, 15) is 9.59 Å². The number of anilines is 2. The molecular formula is C14H20N4O2. The summed E-state index contributed by atoms with van der Waals surface area (Å²) < 4.78 is 0. The third-order valence-electron chi connectivity index (χ3n) is 3.51. The first-order valence-electron chi connectivity index (χ1n) is 6.65. The molecule has 1 aromatic carbocycles. The van der Waals surface area contributed by atoms with Gasteiger partial charge in [0.05, 0.1) is 12.6 Å². The van der Waals surface area contributed by atoms with Crippen LogP contribution in [0.5, 0.6) is 0 Å². The molecule has 0 radical (unpaired) electrons. The second-order valence-corrected chi connectivity index (χ2v) is 5.06. The number of piperazine rings is 1. The molecule has 0 spiro atoms. The minimum absolute atomic E-state index is 0.0378. The standard InChI is InChI=1S/C14H20N4O2/c1-9-3-4-11(15)7-12(9)17-13(19)8-18-6-5-16-14(20)10(18)2/h3-4,7,10H,5-6,8,15H2,1-2H3,(H,16,20)(H,17,19). The topological polar surface area (TPSA) is 87.5 Å². The lowest BCUT2D eigenvalue weighted by atomic mass is 10.1. The molecule has 4 N–H and O–H groups in total. The van der Waals surface area contributed by atoms with Crippen molar-refractivity contribution >= 4 is 23.2 Å². The largest absolute Gasteiger partial charge is 0.399 e. The van der Waals surface area contributed by atoms with Gasteiger partial charge >= 0.3 is 0 Å². The van der Waals surface area contributed by atoms with E-state index in [2.05, 4.69) is 10.6 Å². The molecule has 6 nitrogen and oxygen atoms in total. The van der Waals surface area contributed by atoms with Crippen molar-refractivity contribution in [3.05, 3.63) is 23.8 Å². The molecule has 0 bridgehead atoms. The number of rotatable bonds is 3. The fraction of sp³-hybridized carbons (Fsp3) is 0.429. The maximum absolute atomic E-state index is 12.1. The fourth-order valence-corrected chi connectivity index (χ4v) is 2.19. The van der Waals surface area contributed by atoms with Gasteiger partial charge in [0.1, 0.15) is 0 Å². The van der Waals surface area contributed by atoms with E-state index in [0.717, 1.165) is 5.56 Å². The van der Waals surface area contributed by atoms with Gasteiger partial charge in [-0.3, -0.25) is 14.5 Å². The Kier molecular flexibility index (Phi) is 4.24. The molecule has 2 rings (SSSR count). The average Bonchev–Trinajstić information content (AvgIpc) is 2.39. The lowest BCUT2D eigenvalue weighted by molar-refractivity contribution is -0.129. The summed E-state index contributed by atoms with van der Waals surface area (Å²) in [5.41, 5.74) is 7.99. The second kappa shape index (κ2) is 5.92. The summed E-state index contributed by atoms with van der Waals surface area (Å²) in [6, 6.07) is 5.11. The number of amides is 2. The Morgan fingerprint density at radius 1 is 1.55 bits per heavy atom. The number of nitrogens with zero attached hydrogens (tertiary/aromatic N) is 1. The summed E-state index contributed by atoms with van der Waals surface area (Å²) >= 11 is 0. The molecule has 2 amide bonds. The van der Waals surface area contributed by atoms with E-state index in [0.29, 0.717) is 24.5 Å². The van der Waals surface area contributed by atoms with E-state index >= 15 is 0 Å². The minimum atomic E-state index is -0.281. The van der Waals surface area contributed by atoms with Crippen molar-refractivity contribution in [2.24, 2.45) is 0 Å². The summed E-state index contributed by atoms with van der Waals surface area (Å²) in [5, 5.41) is 5.61. The zero-order chi connectivity index (χ0) is 14.7. The summed E-state index contributed by atoms with van der Waals surface area (Å²) in [6.07, 6.45) is 0. The van der Waals surface area contributed by atoms with Crippen LogP contribution in [-0.2, 0) is 9.59 Å². The quantitative estimate of drug-likeness (QED) is 0.695. The Morgan fingerprint density at radius 3 is 3.05 bits per heavy atom. The molecule has 0 aliphatic carbocycles. The van der Waals surface area contributed by atoms with Gasteiger partial charge in [-0.05, 0) is 31.5 Å². The number of hydrogen-bond acceptors (Lipinski definition) is 4. The van der Waals surface area contributed by atoms with Crippen LogP contribution >= 0.6 is 0 Å². The van der Waals surface area contributed by atoms with Gasteiger partial charge in [0.2, 0.25) is 11.8 Å². The maximum atomic E-state index is 12.1.